The van der Waals surface area contributed by atoms with Gasteiger partial charge in [0.15, 0.2) is 0 Å². The van der Waals surface area contributed by atoms with E-state index in [1.165, 1.54) is 13.2 Å². The zero-order valence-corrected chi connectivity index (χ0v) is 10.1. The summed E-state index contributed by atoms with van der Waals surface area (Å²) in [6.07, 6.45) is 0. The van der Waals surface area contributed by atoms with E-state index in [4.69, 9.17) is 21.4 Å². The van der Waals surface area contributed by atoms with Crippen molar-refractivity contribution in [3.05, 3.63) is 34.5 Å². The Morgan fingerprint density at radius 1 is 1.41 bits per heavy atom. The predicted octanol–water partition coefficient (Wildman–Crippen LogP) is 2.90. The Morgan fingerprint density at radius 2 is 2.12 bits per heavy atom. The van der Waals surface area contributed by atoms with Crippen LogP contribution in [-0.2, 0) is 0 Å². The highest BCUT2D eigenvalue weighted by Crippen LogP contribution is 2.31. The van der Waals surface area contributed by atoms with E-state index in [1.54, 1.807) is 19.1 Å². The van der Waals surface area contributed by atoms with Gasteiger partial charge in [-0.1, -0.05) is 11.6 Å². The number of carbonyl (C=O) groups is 1. The van der Waals surface area contributed by atoms with Gasteiger partial charge in [0.2, 0.25) is 0 Å². The van der Waals surface area contributed by atoms with Gasteiger partial charge in [-0.3, -0.25) is 4.98 Å². The van der Waals surface area contributed by atoms with Crippen LogP contribution < -0.4 is 4.74 Å². The Balaban J connectivity index is 2.85. The number of carboxylic acids is 1. The van der Waals surface area contributed by atoms with Crippen molar-refractivity contribution in [1.29, 1.82) is 0 Å². The first kappa shape index (κ1) is 11.7. The molecule has 0 saturated carbocycles. The minimum atomic E-state index is -0.998. The summed E-state index contributed by atoms with van der Waals surface area (Å²) in [6.45, 7) is 1.74. The van der Waals surface area contributed by atoms with Crippen molar-refractivity contribution in [1.82, 2.24) is 4.98 Å². The number of ether oxygens (including phenoxy) is 1. The SMILES string of the molecule is COc1cc2nc(C)cc(C(=O)O)c2cc1Cl. The summed E-state index contributed by atoms with van der Waals surface area (Å²) in [5, 5.41) is 10.00. The van der Waals surface area contributed by atoms with Crippen molar-refractivity contribution in [2.75, 3.05) is 7.11 Å². The third-order valence-corrected chi connectivity index (χ3v) is 2.74. The van der Waals surface area contributed by atoms with Crippen LogP contribution in [0.5, 0.6) is 5.75 Å². The standard InChI is InChI=1S/C12H10ClNO3/c1-6-3-8(12(15)16)7-4-9(13)11(17-2)5-10(7)14-6/h3-5H,1-2H3,(H,15,16). The van der Waals surface area contributed by atoms with E-state index < -0.39 is 5.97 Å². The number of hydrogen-bond donors (Lipinski definition) is 1. The lowest BCUT2D eigenvalue weighted by molar-refractivity contribution is 0.0699. The molecule has 0 aliphatic heterocycles. The number of carboxylic acid groups (broad SMARTS) is 1. The van der Waals surface area contributed by atoms with E-state index in [9.17, 15) is 4.79 Å². The molecule has 0 saturated heterocycles. The van der Waals surface area contributed by atoms with Crippen LogP contribution in [0.1, 0.15) is 16.1 Å². The summed E-state index contributed by atoms with van der Waals surface area (Å²) in [6, 6.07) is 4.72. The zero-order valence-electron chi connectivity index (χ0n) is 9.32. The van der Waals surface area contributed by atoms with Gasteiger partial charge in [0, 0.05) is 17.1 Å². The summed E-state index contributed by atoms with van der Waals surface area (Å²) in [4.78, 5) is 15.4. The molecule has 1 aromatic heterocycles. The van der Waals surface area contributed by atoms with Gasteiger partial charge in [-0.15, -0.1) is 0 Å². The topological polar surface area (TPSA) is 59.4 Å². The van der Waals surface area contributed by atoms with E-state index in [2.05, 4.69) is 4.98 Å². The van der Waals surface area contributed by atoms with Gasteiger partial charge < -0.3 is 9.84 Å². The Morgan fingerprint density at radius 3 is 2.71 bits per heavy atom. The fourth-order valence-corrected chi connectivity index (χ4v) is 1.93. The quantitative estimate of drug-likeness (QED) is 0.892. The lowest BCUT2D eigenvalue weighted by atomic mass is 10.1. The van der Waals surface area contributed by atoms with Gasteiger partial charge >= 0.3 is 5.97 Å². The van der Waals surface area contributed by atoms with Crippen LogP contribution in [0.15, 0.2) is 18.2 Å². The molecule has 0 unspecified atom stereocenters. The maximum absolute atomic E-state index is 11.1. The number of aromatic carboxylic acids is 1. The number of pyridine rings is 1. The maximum Gasteiger partial charge on any atom is 0.336 e. The lowest BCUT2D eigenvalue weighted by Crippen LogP contribution is -2.00. The molecule has 0 radical (unpaired) electrons. The second-order valence-corrected chi connectivity index (χ2v) is 4.03. The van der Waals surface area contributed by atoms with Crippen molar-refractivity contribution < 1.29 is 14.6 Å². The number of hydrogen-bond acceptors (Lipinski definition) is 3. The Kier molecular flexibility index (Phi) is 2.90. The molecular weight excluding hydrogens is 242 g/mol. The Hall–Kier alpha value is -1.81. The average Bonchev–Trinajstić information content (AvgIpc) is 2.27. The molecule has 0 aliphatic carbocycles. The van der Waals surface area contributed by atoms with Crippen LogP contribution in [-0.4, -0.2) is 23.2 Å². The van der Waals surface area contributed by atoms with E-state index in [1.807, 2.05) is 0 Å². The number of rotatable bonds is 2. The number of fused-ring (bicyclic) bond motifs is 1. The summed E-state index contributed by atoms with van der Waals surface area (Å²) in [5.41, 5.74) is 1.39. The third kappa shape index (κ3) is 2.03. The molecule has 0 bridgehead atoms. The zero-order chi connectivity index (χ0) is 12.6. The number of aryl methyl sites for hydroxylation is 1. The van der Waals surface area contributed by atoms with Crippen molar-refractivity contribution in [3.63, 3.8) is 0 Å². The van der Waals surface area contributed by atoms with Gasteiger partial charge in [0.05, 0.1) is 23.2 Å². The summed E-state index contributed by atoms with van der Waals surface area (Å²) >= 11 is 5.97. The lowest BCUT2D eigenvalue weighted by Gasteiger charge is -2.08. The molecule has 0 spiro atoms. The summed E-state index contributed by atoms with van der Waals surface area (Å²) < 4.78 is 5.07. The van der Waals surface area contributed by atoms with E-state index in [0.717, 1.165) is 0 Å². The van der Waals surface area contributed by atoms with Gasteiger partial charge in [0.1, 0.15) is 5.75 Å². The van der Waals surface area contributed by atoms with Crippen LogP contribution in [0.2, 0.25) is 5.02 Å². The fourth-order valence-electron chi connectivity index (χ4n) is 1.69. The monoisotopic (exact) mass is 251 g/mol. The van der Waals surface area contributed by atoms with Gasteiger partial charge in [-0.25, -0.2) is 4.79 Å². The van der Waals surface area contributed by atoms with Gasteiger partial charge in [0.25, 0.3) is 0 Å². The predicted molar refractivity (Wildman–Crippen MR) is 65.0 cm³/mol. The molecule has 2 rings (SSSR count). The number of aromatic nitrogens is 1. The molecule has 0 aliphatic rings. The molecule has 2 aromatic rings. The number of halogens is 1. The average molecular weight is 252 g/mol. The van der Waals surface area contributed by atoms with Crippen LogP contribution in [0, 0.1) is 6.92 Å². The van der Waals surface area contributed by atoms with Gasteiger partial charge in [-0.05, 0) is 19.1 Å². The number of benzene rings is 1. The number of methoxy groups -OCH3 is 1. The molecule has 0 amide bonds. The highest BCUT2D eigenvalue weighted by molar-refractivity contribution is 6.33. The van der Waals surface area contributed by atoms with Crippen LogP contribution in [0.4, 0.5) is 0 Å². The molecule has 1 aromatic carbocycles. The fraction of sp³-hybridized carbons (Fsp3) is 0.167. The smallest absolute Gasteiger partial charge is 0.336 e. The highest BCUT2D eigenvalue weighted by atomic mass is 35.5. The van der Waals surface area contributed by atoms with E-state index in [-0.39, 0.29) is 5.56 Å². The van der Waals surface area contributed by atoms with E-state index >= 15 is 0 Å². The van der Waals surface area contributed by atoms with E-state index in [0.29, 0.717) is 27.4 Å². The first-order valence-electron chi connectivity index (χ1n) is 4.91. The molecule has 5 heteroatoms. The normalized spacial score (nSPS) is 10.5. The van der Waals surface area contributed by atoms with Crippen molar-refractivity contribution in [3.8, 4) is 5.75 Å². The van der Waals surface area contributed by atoms with Crippen LogP contribution in [0.25, 0.3) is 10.9 Å². The molecular formula is C12H10ClNO3. The van der Waals surface area contributed by atoms with Gasteiger partial charge in [-0.2, -0.15) is 0 Å². The molecule has 17 heavy (non-hydrogen) atoms. The van der Waals surface area contributed by atoms with Crippen molar-refractivity contribution >= 4 is 28.5 Å². The van der Waals surface area contributed by atoms with Crippen LogP contribution >= 0.6 is 11.6 Å². The molecule has 88 valence electrons. The van der Waals surface area contributed by atoms with Crippen LogP contribution in [0.3, 0.4) is 0 Å². The molecule has 0 fully saturated rings. The second kappa shape index (κ2) is 4.22. The first-order valence-corrected chi connectivity index (χ1v) is 5.29. The summed E-state index contributed by atoms with van der Waals surface area (Å²) in [5.74, 6) is -0.518. The molecule has 0 atom stereocenters. The minimum absolute atomic E-state index is 0.192. The molecule has 1 N–H and O–H groups in total. The third-order valence-electron chi connectivity index (χ3n) is 2.44. The molecule has 4 nitrogen and oxygen atoms in total. The maximum atomic E-state index is 11.1. The minimum Gasteiger partial charge on any atom is -0.495 e. The largest absolute Gasteiger partial charge is 0.495 e. The van der Waals surface area contributed by atoms with Crippen molar-refractivity contribution in [2.24, 2.45) is 0 Å². The first-order chi connectivity index (χ1) is 8.02. The Bertz CT molecular complexity index is 610. The second-order valence-electron chi connectivity index (χ2n) is 3.62. The molecule has 1 heterocycles. The summed E-state index contributed by atoms with van der Waals surface area (Å²) in [7, 11) is 1.50. The number of nitrogens with zero attached hydrogens (tertiary/aromatic N) is 1. The highest BCUT2D eigenvalue weighted by Gasteiger charge is 2.13. The Labute approximate surface area is 103 Å². The van der Waals surface area contributed by atoms with Crippen molar-refractivity contribution in [2.45, 2.75) is 6.92 Å².